The Morgan fingerprint density at radius 1 is 1.40 bits per heavy atom. The van der Waals surface area contributed by atoms with Gasteiger partial charge < -0.3 is 10.6 Å². The first-order valence-electron chi connectivity index (χ1n) is 6.56. The third kappa shape index (κ3) is 3.51. The molecule has 1 amide bonds. The van der Waals surface area contributed by atoms with Crippen LogP contribution in [0.4, 0.5) is 15.8 Å². The van der Waals surface area contributed by atoms with Crippen molar-refractivity contribution in [2.75, 3.05) is 11.9 Å². The molecule has 1 saturated heterocycles. The van der Waals surface area contributed by atoms with Gasteiger partial charge in [-0.3, -0.25) is 14.9 Å². The lowest BCUT2D eigenvalue weighted by Gasteiger charge is -2.15. The smallest absolute Gasteiger partial charge is 0.271 e. The van der Waals surface area contributed by atoms with Crippen LogP contribution in [0, 0.1) is 15.9 Å². The number of nitrogens with zero attached hydrogens (tertiary/aromatic N) is 1. The summed E-state index contributed by atoms with van der Waals surface area (Å²) in [7, 11) is 0. The topological polar surface area (TPSA) is 84.3 Å². The molecule has 1 aromatic carbocycles. The van der Waals surface area contributed by atoms with Gasteiger partial charge in [0.05, 0.1) is 16.7 Å². The van der Waals surface area contributed by atoms with E-state index in [1.165, 1.54) is 0 Å². The van der Waals surface area contributed by atoms with E-state index in [9.17, 15) is 19.3 Å². The maximum Gasteiger partial charge on any atom is 0.271 e. The highest BCUT2D eigenvalue weighted by molar-refractivity contribution is 5.95. The molecule has 2 N–H and O–H groups in total. The molecule has 1 aliphatic rings. The first kappa shape index (κ1) is 14.4. The van der Waals surface area contributed by atoms with E-state index in [2.05, 4.69) is 10.6 Å². The fourth-order valence-corrected chi connectivity index (χ4v) is 2.19. The van der Waals surface area contributed by atoms with Crippen molar-refractivity contribution in [1.82, 2.24) is 5.32 Å². The van der Waals surface area contributed by atoms with Crippen LogP contribution in [-0.2, 0) is 4.79 Å². The largest absolute Gasteiger partial charge is 0.322 e. The number of nitro benzene ring substituents is 1. The highest BCUT2D eigenvalue weighted by Gasteiger charge is 2.21. The normalized spacial score (nSPS) is 19.1. The van der Waals surface area contributed by atoms with Gasteiger partial charge in [-0.05, 0) is 25.5 Å². The van der Waals surface area contributed by atoms with Crippen LogP contribution in [0.5, 0.6) is 0 Å². The first-order chi connectivity index (χ1) is 9.58. The van der Waals surface area contributed by atoms with Crippen molar-refractivity contribution < 1.29 is 14.1 Å². The Morgan fingerprint density at radius 2 is 2.20 bits per heavy atom. The van der Waals surface area contributed by atoms with Gasteiger partial charge in [0, 0.05) is 12.1 Å². The van der Waals surface area contributed by atoms with Gasteiger partial charge in [0.2, 0.25) is 5.91 Å². The van der Waals surface area contributed by atoms with Crippen LogP contribution in [0.15, 0.2) is 18.2 Å². The number of carbonyl (C=O) groups is 1. The second-order valence-electron chi connectivity index (χ2n) is 4.77. The monoisotopic (exact) mass is 281 g/mol. The molecule has 0 saturated carbocycles. The van der Waals surface area contributed by atoms with Crippen LogP contribution in [-0.4, -0.2) is 23.4 Å². The molecule has 0 spiro atoms. The van der Waals surface area contributed by atoms with Crippen molar-refractivity contribution in [3.05, 3.63) is 34.1 Å². The summed E-state index contributed by atoms with van der Waals surface area (Å²) in [5.74, 6) is -1.04. The fraction of sp³-hybridized carbons (Fsp3) is 0.462. The molecule has 0 radical (unpaired) electrons. The molecule has 1 atom stereocenters. The van der Waals surface area contributed by atoms with Crippen LogP contribution >= 0.6 is 0 Å². The van der Waals surface area contributed by atoms with Crippen molar-refractivity contribution in [2.45, 2.75) is 31.7 Å². The van der Waals surface area contributed by atoms with Crippen molar-refractivity contribution in [1.29, 1.82) is 0 Å². The lowest BCUT2D eigenvalue weighted by molar-refractivity contribution is -0.384. The third-order valence-corrected chi connectivity index (χ3v) is 3.30. The average Bonchev–Trinajstić information content (AvgIpc) is 2.70. The molecule has 0 bridgehead atoms. The summed E-state index contributed by atoms with van der Waals surface area (Å²) in [6.07, 6.45) is 3.68. The Morgan fingerprint density at radius 3 is 2.95 bits per heavy atom. The predicted molar refractivity (Wildman–Crippen MR) is 71.9 cm³/mol. The number of non-ortho nitro benzene ring substituents is 1. The van der Waals surface area contributed by atoms with Crippen LogP contribution in [0.1, 0.15) is 25.7 Å². The van der Waals surface area contributed by atoms with E-state index in [-0.39, 0.29) is 23.3 Å². The molecule has 0 aromatic heterocycles. The highest BCUT2D eigenvalue weighted by Crippen LogP contribution is 2.22. The zero-order valence-corrected chi connectivity index (χ0v) is 10.9. The number of rotatable bonds is 3. The summed E-state index contributed by atoms with van der Waals surface area (Å²) in [6.45, 7) is 0.746. The number of carbonyl (C=O) groups excluding carboxylic acids is 1. The van der Waals surface area contributed by atoms with E-state index in [0.717, 1.165) is 44.0 Å². The number of benzene rings is 1. The van der Waals surface area contributed by atoms with E-state index in [1.54, 1.807) is 0 Å². The van der Waals surface area contributed by atoms with Crippen LogP contribution in [0.25, 0.3) is 0 Å². The first-order valence-corrected chi connectivity index (χ1v) is 6.56. The molecular formula is C13H16FN3O3. The predicted octanol–water partition coefficient (Wildman–Crippen LogP) is 2.20. The minimum atomic E-state index is -0.683. The second kappa shape index (κ2) is 6.42. The number of nitrogens with one attached hydrogen (secondary N) is 2. The Bertz CT molecular complexity index is 514. The molecule has 108 valence electrons. The molecule has 1 aromatic rings. The van der Waals surface area contributed by atoms with Gasteiger partial charge in [0.1, 0.15) is 5.82 Å². The molecule has 20 heavy (non-hydrogen) atoms. The summed E-state index contributed by atoms with van der Waals surface area (Å²) in [5.41, 5.74) is -0.411. The Balaban J connectivity index is 2.10. The number of hydrogen-bond acceptors (Lipinski definition) is 4. The van der Waals surface area contributed by atoms with Crippen molar-refractivity contribution in [3.8, 4) is 0 Å². The molecular weight excluding hydrogens is 265 g/mol. The minimum Gasteiger partial charge on any atom is -0.322 e. The number of nitro groups is 1. The van der Waals surface area contributed by atoms with Crippen molar-refractivity contribution in [2.24, 2.45) is 0 Å². The van der Waals surface area contributed by atoms with E-state index in [1.807, 2.05) is 0 Å². The van der Waals surface area contributed by atoms with E-state index in [0.29, 0.717) is 6.42 Å². The summed E-state index contributed by atoms with van der Waals surface area (Å²) in [4.78, 5) is 22.1. The van der Waals surface area contributed by atoms with Gasteiger partial charge in [0.15, 0.2) is 0 Å². The molecule has 1 heterocycles. The average molecular weight is 281 g/mol. The zero-order chi connectivity index (χ0) is 14.5. The van der Waals surface area contributed by atoms with Crippen molar-refractivity contribution >= 4 is 17.3 Å². The summed E-state index contributed by atoms with van der Waals surface area (Å²) in [6, 6.07) is 2.70. The Hall–Kier alpha value is -2.02. The molecule has 0 aliphatic carbocycles. The summed E-state index contributed by atoms with van der Waals surface area (Å²) in [5, 5.41) is 16.2. The lowest BCUT2D eigenvalue weighted by Crippen LogP contribution is -2.40. The highest BCUT2D eigenvalue weighted by atomic mass is 19.1. The van der Waals surface area contributed by atoms with Gasteiger partial charge in [-0.25, -0.2) is 4.39 Å². The van der Waals surface area contributed by atoms with Crippen LogP contribution in [0.2, 0.25) is 0 Å². The van der Waals surface area contributed by atoms with E-state index in [4.69, 9.17) is 0 Å². The summed E-state index contributed by atoms with van der Waals surface area (Å²) >= 11 is 0. The van der Waals surface area contributed by atoms with Crippen molar-refractivity contribution in [3.63, 3.8) is 0 Å². The summed E-state index contributed by atoms with van der Waals surface area (Å²) < 4.78 is 13.6. The Labute approximate surface area is 115 Å². The Kier molecular flexibility index (Phi) is 4.62. The molecule has 1 aliphatic heterocycles. The number of anilines is 1. The van der Waals surface area contributed by atoms with E-state index >= 15 is 0 Å². The molecule has 7 heteroatoms. The molecule has 1 fully saturated rings. The zero-order valence-electron chi connectivity index (χ0n) is 10.9. The van der Waals surface area contributed by atoms with Gasteiger partial charge in [0.25, 0.3) is 5.69 Å². The van der Waals surface area contributed by atoms with Crippen LogP contribution in [0.3, 0.4) is 0 Å². The van der Waals surface area contributed by atoms with Gasteiger partial charge >= 0.3 is 0 Å². The van der Waals surface area contributed by atoms with Gasteiger partial charge in [-0.2, -0.15) is 0 Å². The molecule has 2 rings (SSSR count). The molecule has 6 nitrogen and oxygen atoms in total. The lowest BCUT2D eigenvalue weighted by atomic mass is 10.1. The standard InChI is InChI=1S/C13H16FN3O3/c14-10-6-5-9(17(19)20)8-12(10)16-13(18)11-4-2-1-3-7-15-11/h5-6,8,11,15H,1-4,7H2,(H,16,18). The van der Waals surface area contributed by atoms with Gasteiger partial charge in [-0.15, -0.1) is 0 Å². The number of amides is 1. The minimum absolute atomic E-state index is 0.157. The maximum atomic E-state index is 13.6. The third-order valence-electron chi connectivity index (χ3n) is 3.30. The van der Waals surface area contributed by atoms with Crippen LogP contribution < -0.4 is 10.6 Å². The second-order valence-corrected chi connectivity index (χ2v) is 4.77. The maximum absolute atomic E-state index is 13.6. The SMILES string of the molecule is O=C(Nc1cc([N+](=O)[O-])ccc1F)C1CCCCCN1. The van der Waals surface area contributed by atoms with E-state index < -0.39 is 10.7 Å². The fourth-order valence-electron chi connectivity index (χ4n) is 2.19. The molecule has 1 unspecified atom stereocenters. The number of hydrogen-bond donors (Lipinski definition) is 2. The van der Waals surface area contributed by atoms with Gasteiger partial charge in [-0.1, -0.05) is 12.8 Å². The number of halogens is 1. The quantitative estimate of drug-likeness (QED) is 0.657.